The lowest BCUT2D eigenvalue weighted by Crippen LogP contribution is -2.61. The largest absolute Gasteiger partial charge is 0.477 e. The second-order valence-corrected chi connectivity index (χ2v) is 14.4. The smallest absolute Gasteiger partial charge is 0.429 e. The number of carbonyl (C=O) groups is 3. The molecule has 3 aromatic rings. The number of rotatable bonds is 12. The molecule has 43 heavy (non-hydrogen) atoms. The van der Waals surface area contributed by atoms with E-state index in [1.165, 1.54) is 39.8 Å². The third kappa shape index (κ3) is 6.98. The molecule has 0 aliphatic carbocycles. The van der Waals surface area contributed by atoms with Gasteiger partial charge in [-0.15, -0.1) is 23.1 Å². The molecule has 1 fully saturated rings. The molecule has 5 heterocycles. The molecule has 2 atom stereocenters. The molecular formula is C23H23N7O8PS4+. The molecule has 3 aromatic heterocycles. The summed E-state index contributed by atoms with van der Waals surface area (Å²) in [6.45, 7) is 1.75. The number of oxime groups is 1. The summed E-state index contributed by atoms with van der Waals surface area (Å²) in [5, 5.41) is 16.8. The Morgan fingerprint density at radius 3 is 2.72 bits per heavy atom. The number of thioether (sulfide) groups is 2. The Morgan fingerprint density at radius 2 is 2.05 bits per heavy atom. The van der Waals surface area contributed by atoms with E-state index in [1.807, 2.05) is 46.6 Å². The van der Waals surface area contributed by atoms with Crippen molar-refractivity contribution in [3.05, 3.63) is 46.3 Å². The van der Waals surface area contributed by atoms with Gasteiger partial charge in [0.05, 0.1) is 17.0 Å². The molecule has 0 spiro atoms. The van der Waals surface area contributed by atoms with E-state index < -0.39 is 36.7 Å². The number of anilines is 1. The maximum Gasteiger partial charge on any atom is 0.429 e. The maximum atomic E-state index is 13.2. The van der Waals surface area contributed by atoms with Crippen molar-refractivity contribution in [3.63, 3.8) is 0 Å². The first-order valence-electron chi connectivity index (χ1n) is 12.4. The highest BCUT2D eigenvalue weighted by molar-refractivity contribution is 8.07. The third-order valence-corrected chi connectivity index (χ3v) is 10.9. The molecule has 1 saturated heterocycles. The normalized spacial score (nSPS) is 18.7. The maximum absolute atomic E-state index is 13.2. The van der Waals surface area contributed by atoms with Crippen molar-refractivity contribution in [2.75, 3.05) is 17.4 Å². The number of β-lactam (4-membered cyclic amide) rings is 1. The van der Waals surface area contributed by atoms with Crippen molar-refractivity contribution in [1.29, 1.82) is 0 Å². The SMILES string of the molecule is CCO/N=C(\C(=O)C[C@@H]1C(=O)N2C(C(=O)O)=C(Sc3nc(-c4cc[n+](C)cc4)cs3)CS[C@H]12)c1nsc(NP(=O)(O)O)n1. The number of carboxylic acids is 1. The van der Waals surface area contributed by atoms with Crippen LogP contribution in [0.5, 0.6) is 0 Å². The van der Waals surface area contributed by atoms with E-state index in [0.717, 1.165) is 11.3 Å². The number of fused-ring (bicyclic) bond motifs is 1. The number of aromatic nitrogens is 4. The molecule has 0 aromatic carbocycles. The van der Waals surface area contributed by atoms with Crippen LogP contribution in [0.3, 0.4) is 0 Å². The third-order valence-electron chi connectivity index (χ3n) is 6.05. The first-order valence-corrected chi connectivity index (χ1v) is 17.5. The van der Waals surface area contributed by atoms with Crippen LogP contribution in [0, 0.1) is 5.92 Å². The van der Waals surface area contributed by atoms with Crippen LogP contribution in [-0.4, -0.2) is 75.2 Å². The fourth-order valence-corrected chi connectivity index (χ4v) is 8.93. The monoisotopic (exact) mass is 684 g/mol. The zero-order valence-corrected chi connectivity index (χ0v) is 26.5. The standard InChI is InChI=1S/C23H22N7O8PS4/c1-3-38-26-16(18-25-22(43-28-18)27-39(35,36)37)14(31)8-12-19(32)30-17(21(33)34)15(10-40-20(12)30)42-23-24-13(9-41-23)11-4-6-29(2)7-5-11/h4-7,9,12,20H,3,8,10H2,1-2H3,(H3-,25,27,28,33,34,35,36,37)/p+1/b26-16+/t12-,20-/m1/s1. The van der Waals surface area contributed by atoms with Crippen LogP contribution in [0.25, 0.3) is 11.3 Å². The molecule has 226 valence electrons. The van der Waals surface area contributed by atoms with Crippen molar-refractivity contribution < 1.29 is 43.2 Å². The number of carbonyl (C=O) groups excluding carboxylic acids is 2. The second-order valence-electron chi connectivity index (χ2n) is 9.01. The van der Waals surface area contributed by atoms with E-state index in [-0.39, 0.29) is 35.4 Å². The molecule has 2 aliphatic heterocycles. The quantitative estimate of drug-likeness (QED) is 0.0710. The lowest BCUT2D eigenvalue weighted by molar-refractivity contribution is -0.671. The number of Topliss-reactive ketones (excluding diaryl/α,β-unsaturated/α-hetero) is 1. The summed E-state index contributed by atoms with van der Waals surface area (Å²) >= 11 is 4.53. The van der Waals surface area contributed by atoms with Crippen molar-refractivity contribution >= 4 is 82.6 Å². The van der Waals surface area contributed by atoms with E-state index in [4.69, 9.17) is 14.6 Å². The Morgan fingerprint density at radius 1 is 1.30 bits per heavy atom. The van der Waals surface area contributed by atoms with Gasteiger partial charge in [0.1, 0.15) is 19.4 Å². The summed E-state index contributed by atoms with van der Waals surface area (Å²) in [4.78, 5) is 72.3. The first kappa shape index (κ1) is 31.2. The number of pyridine rings is 1. The van der Waals surface area contributed by atoms with E-state index in [9.17, 15) is 24.1 Å². The highest BCUT2D eigenvalue weighted by atomic mass is 32.2. The number of aliphatic carboxylic acids is 1. The van der Waals surface area contributed by atoms with Crippen LogP contribution in [0.1, 0.15) is 19.2 Å². The number of nitrogens with one attached hydrogen (secondary N) is 1. The Hall–Kier alpha value is -3.19. The number of aryl methyl sites for hydroxylation is 1. The summed E-state index contributed by atoms with van der Waals surface area (Å²) < 4.78 is 17.7. The number of hydrogen-bond acceptors (Lipinski definition) is 13. The fraction of sp³-hybridized carbons (Fsp3) is 0.304. The van der Waals surface area contributed by atoms with Crippen molar-refractivity contribution in [1.82, 2.24) is 19.2 Å². The van der Waals surface area contributed by atoms with Gasteiger partial charge in [-0.05, 0) is 6.92 Å². The van der Waals surface area contributed by atoms with Crippen LogP contribution < -0.4 is 9.65 Å². The van der Waals surface area contributed by atoms with Gasteiger partial charge in [0.25, 0.3) is 0 Å². The number of nitrogens with zero attached hydrogens (tertiary/aromatic N) is 6. The Balaban J connectivity index is 1.31. The number of hydrogen-bond donors (Lipinski definition) is 4. The highest BCUT2D eigenvalue weighted by Crippen LogP contribution is 2.49. The predicted molar refractivity (Wildman–Crippen MR) is 159 cm³/mol. The molecule has 0 bridgehead atoms. The minimum absolute atomic E-state index is 0.112. The summed E-state index contributed by atoms with van der Waals surface area (Å²) in [5.41, 5.74) is 1.23. The van der Waals surface area contributed by atoms with Gasteiger partial charge in [0.2, 0.25) is 16.9 Å². The summed E-state index contributed by atoms with van der Waals surface area (Å²) in [6, 6.07) is 3.86. The second kappa shape index (κ2) is 12.8. The number of amides is 1. The van der Waals surface area contributed by atoms with E-state index in [1.54, 1.807) is 6.92 Å². The minimum Gasteiger partial charge on any atom is -0.477 e. The lowest BCUT2D eigenvalue weighted by Gasteiger charge is -2.49. The van der Waals surface area contributed by atoms with Gasteiger partial charge in [0.15, 0.2) is 28.2 Å². The molecule has 20 heteroatoms. The van der Waals surface area contributed by atoms with Gasteiger partial charge >= 0.3 is 13.7 Å². The van der Waals surface area contributed by atoms with Crippen molar-refractivity contribution in [3.8, 4) is 11.3 Å². The van der Waals surface area contributed by atoms with Crippen LogP contribution >= 0.6 is 54.1 Å². The van der Waals surface area contributed by atoms with Crippen LogP contribution in [0.4, 0.5) is 5.13 Å². The average molecular weight is 685 g/mol. The predicted octanol–water partition coefficient (Wildman–Crippen LogP) is 2.31. The molecule has 0 saturated carbocycles. The topological polar surface area (TPSA) is 208 Å². The average Bonchev–Trinajstić information content (AvgIpc) is 3.60. The van der Waals surface area contributed by atoms with Crippen molar-refractivity contribution in [2.24, 2.45) is 18.1 Å². The molecule has 0 radical (unpaired) electrons. The number of ketones is 1. The molecule has 5 rings (SSSR count). The van der Waals surface area contributed by atoms with Crippen molar-refractivity contribution in [2.45, 2.75) is 23.1 Å². The van der Waals surface area contributed by atoms with Crippen LogP contribution in [0.15, 0.2) is 50.0 Å². The van der Waals surface area contributed by atoms with Gasteiger partial charge in [0, 0.05) is 51.7 Å². The summed E-state index contributed by atoms with van der Waals surface area (Å²) in [6.07, 6.45) is 3.49. The molecule has 1 amide bonds. The Bertz CT molecular complexity index is 1690. The Labute approximate surface area is 260 Å². The number of thiazole rings is 1. The summed E-state index contributed by atoms with van der Waals surface area (Å²) in [7, 11) is -2.75. The Kier molecular flexibility index (Phi) is 9.31. The zero-order chi connectivity index (χ0) is 30.9. The molecule has 2 aliphatic rings. The molecule has 0 unspecified atom stereocenters. The van der Waals surface area contributed by atoms with Gasteiger partial charge in [-0.3, -0.25) is 19.6 Å². The van der Waals surface area contributed by atoms with E-state index in [0.29, 0.717) is 26.5 Å². The highest BCUT2D eigenvalue weighted by Gasteiger charge is 2.54. The number of carboxylic acid groups (broad SMARTS) is 1. The van der Waals surface area contributed by atoms with Gasteiger partial charge in [-0.25, -0.2) is 18.9 Å². The first-order chi connectivity index (χ1) is 20.4. The molecular weight excluding hydrogens is 662 g/mol. The molecule has 15 nitrogen and oxygen atoms in total. The van der Waals surface area contributed by atoms with Crippen LogP contribution in [-0.2, 0) is 30.8 Å². The summed E-state index contributed by atoms with van der Waals surface area (Å²) in [5.74, 6) is -3.18. The van der Waals surface area contributed by atoms with E-state index >= 15 is 0 Å². The minimum atomic E-state index is -4.66. The van der Waals surface area contributed by atoms with Gasteiger partial charge < -0.3 is 19.7 Å². The van der Waals surface area contributed by atoms with Gasteiger partial charge in [-0.2, -0.15) is 9.36 Å². The van der Waals surface area contributed by atoms with Gasteiger partial charge in [-0.1, -0.05) is 16.9 Å². The lowest BCUT2D eigenvalue weighted by atomic mass is 9.90. The fourth-order valence-electron chi connectivity index (χ4n) is 4.15. The van der Waals surface area contributed by atoms with E-state index in [2.05, 4.69) is 19.5 Å². The van der Waals surface area contributed by atoms with Crippen LogP contribution in [0.2, 0.25) is 0 Å². The zero-order valence-electron chi connectivity index (χ0n) is 22.3. The molecule has 4 N–H and O–H groups in total.